The fraction of sp³-hybridized carbons (Fsp3) is 0.0714. The Balaban J connectivity index is 2.01. The zero-order chi connectivity index (χ0) is 13.8. The molecule has 0 aliphatic carbocycles. The van der Waals surface area contributed by atoms with Crippen LogP contribution in [0.1, 0.15) is 5.56 Å². The number of rotatable bonds is 3. The molecule has 0 saturated heterocycles. The lowest BCUT2D eigenvalue weighted by Crippen LogP contribution is -2.14. The molecule has 3 N–H and O–H groups in total. The Kier molecular flexibility index (Phi) is 4.02. The van der Waals surface area contributed by atoms with E-state index in [1.165, 1.54) is 12.1 Å². The van der Waals surface area contributed by atoms with Gasteiger partial charge >= 0.3 is 0 Å². The maximum atomic E-state index is 13.2. The van der Waals surface area contributed by atoms with E-state index in [0.717, 1.165) is 5.56 Å². The van der Waals surface area contributed by atoms with Crippen LogP contribution in [-0.4, -0.2) is 5.91 Å². The predicted molar refractivity (Wildman–Crippen MR) is 74.6 cm³/mol. The third kappa shape index (κ3) is 3.69. The van der Waals surface area contributed by atoms with Crippen molar-refractivity contribution in [2.75, 3.05) is 11.1 Å². The number of nitrogen functional groups attached to an aromatic ring is 1. The zero-order valence-electron chi connectivity index (χ0n) is 9.99. The number of nitrogens with two attached hydrogens (primary N) is 1. The van der Waals surface area contributed by atoms with E-state index in [2.05, 4.69) is 5.32 Å². The van der Waals surface area contributed by atoms with E-state index in [0.29, 0.717) is 11.4 Å². The van der Waals surface area contributed by atoms with Crippen molar-refractivity contribution in [2.24, 2.45) is 0 Å². The van der Waals surface area contributed by atoms with Gasteiger partial charge in [0.1, 0.15) is 5.82 Å². The normalized spacial score (nSPS) is 10.2. The van der Waals surface area contributed by atoms with E-state index in [-0.39, 0.29) is 17.4 Å². The molecule has 19 heavy (non-hydrogen) atoms. The molecular formula is C14H12ClFN2O. The first-order valence-electron chi connectivity index (χ1n) is 5.64. The molecule has 2 aromatic rings. The third-order valence-electron chi connectivity index (χ3n) is 2.55. The molecule has 0 radical (unpaired) electrons. The highest BCUT2D eigenvalue weighted by atomic mass is 35.5. The highest BCUT2D eigenvalue weighted by molar-refractivity contribution is 6.30. The molecule has 0 unspecified atom stereocenters. The number of hydrogen-bond donors (Lipinski definition) is 2. The summed E-state index contributed by atoms with van der Waals surface area (Å²) in [5.41, 5.74) is 7.41. The number of amides is 1. The van der Waals surface area contributed by atoms with E-state index in [4.69, 9.17) is 17.3 Å². The molecule has 5 heteroatoms. The summed E-state index contributed by atoms with van der Waals surface area (Å²) in [5, 5.41) is 2.63. The number of halogens is 2. The van der Waals surface area contributed by atoms with Crippen LogP contribution in [0.2, 0.25) is 5.02 Å². The van der Waals surface area contributed by atoms with Crippen molar-refractivity contribution in [3.05, 3.63) is 58.9 Å². The smallest absolute Gasteiger partial charge is 0.228 e. The molecule has 0 saturated carbocycles. The second-order valence-corrected chi connectivity index (χ2v) is 4.50. The molecule has 0 bridgehead atoms. The first-order valence-corrected chi connectivity index (χ1v) is 6.02. The monoisotopic (exact) mass is 278 g/mol. The number of hydrogen-bond acceptors (Lipinski definition) is 2. The Morgan fingerprint density at radius 3 is 2.53 bits per heavy atom. The molecule has 0 atom stereocenters. The maximum Gasteiger partial charge on any atom is 0.228 e. The van der Waals surface area contributed by atoms with Crippen LogP contribution >= 0.6 is 11.6 Å². The minimum atomic E-state index is -0.563. The van der Waals surface area contributed by atoms with Crippen molar-refractivity contribution < 1.29 is 9.18 Å². The first-order chi connectivity index (χ1) is 9.04. The van der Waals surface area contributed by atoms with Crippen LogP contribution in [0.25, 0.3) is 0 Å². The van der Waals surface area contributed by atoms with Gasteiger partial charge < -0.3 is 11.1 Å². The lowest BCUT2D eigenvalue weighted by atomic mass is 10.1. The Morgan fingerprint density at radius 2 is 1.89 bits per heavy atom. The average Bonchev–Trinajstić information content (AvgIpc) is 2.37. The molecule has 0 aliphatic heterocycles. The van der Waals surface area contributed by atoms with Crippen LogP contribution in [0.4, 0.5) is 15.8 Å². The summed E-state index contributed by atoms with van der Waals surface area (Å²) in [5.74, 6) is -0.793. The summed E-state index contributed by atoms with van der Waals surface area (Å²) in [6.07, 6.45) is 0.199. The Hall–Kier alpha value is -2.07. The standard InChI is InChI=1S/C14H12ClFN2O/c15-12-6-5-11(8-13(12)16)18-14(19)7-9-1-3-10(17)4-2-9/h1-6,8H,7,17H2,(H,18,19). The lowest BCUT2D eigenvalue weighted by molar-refractivity contribution is -0.115. The van der Waals surface area contributed by atoms with Gasteiger partial charge in [-0.3, -0.25) is 4.79 Å². The van der Waals surface area contributed by atoms with Gasteiger partial charge in [-0.2, -0.15) is 0 Å². The van der Waals surface area contributed by atoms with Crippen LogP contribution in [0, 0.1) is 5.82 Å². The Morgan fingerprint density at radius 1 is 1.21 bits per heavy atom. The van der Waals surface area contributed by atoms with Crippen molar-refractivity contribution in [2.45, 2.75) is 6.42 Å². The Bertz CT molecular complexity index is 599. The second-order valence-electron chi connectivity index (χ2n) is 4.10. The Labute approximate surface area is 115 Å². The molecule has 0 aromatic heterocycles. The van der Waals surface area contributed by atoms with Crippen molar-refractivity contribution in [1.29, 1.82) is 0 Å². The van der Waals surface area contributed by atoms with Gasteiger partial charge in [0.2, 0.25) is 5.91 Å². The first kappa shape index (κ1) is 13.4. The van der Waals surface area contributed by atoms with Gasteiger partial charge in [0.05, 0.1) is 11.4 Å². The van der Waals surface area contributed by atoms with Crippen molar-refractivity contribution >= 4 is 28.9 Å². The van der Waals surface area contributed by atoms with Gasteiger partial charge in [-0.25, -0.2) is 4.39 Å². The van der Waals surface area contributed by atoms with E-state index in [1.807, 2.05) is 0 Å². The SMILES string of the molecule is Nc1ccc(CC(=O)Nc2ccc(Cl)c(F)c2)cc1. The molecule has 1 amide bonds. The van der Waals surface area contributed by atoms with E-state index < -0.39 is 5.82 Å². The van der Waals surface area contributed by atoms with Crippen LogP contribution in [-0.2, 0) is 11.2 Å². The topological polar surface area (TPSA) is 55.1 Å². The zero-order valence-corrected chi connectivity index (χ0v) is 10.7. The molecule has 0 fully saturated rings. The fourth-order valence-electron chi connectivity index (χ4n) is 1.60. The highest BCUT2D eigenvalue weighted by Crippen LogP contribution is 2.18. The minimum Gasteiger partial charge on any atom is -0.399 e. The average molecular weight is 279 g/mol. The quantitative estimate of drug-likeness (QED) is 0.847. The van der Waals surface area contributed by atoms with Crippen molar-refractivity contribution in [3.8, 4) is 0 Å². The largest absolute Gasteiger partial charge is 0.399 e. The lowest BCUT2D eigenvalue weighted by Gasteiger charge is -2.06. The fourth-order valence-corrected chi connectivity index (χ4v) is 1.72. The number of benzene rings is 2. The van der Waals surface area contributed by atoms with Gasteiger partial charge in [-0.15, -0.1) is 0 Å². The van der Waals surface area contributed by atoms with Gasteiger partial charge in [0.25, 0.3) is 0 Å². The summed E-state index contributed by atoms with van der Waals surface area (Å²) < 4.78 is 13.2. The summed E-state index contributed by atoms with van der Waals surface area (Å²) in [7, 11) is 0. The van der Waals surface area contributed by atoms with Crippen LogP contribution in [0.3, 0.4) is 0 Å². The van der Waals surface area contributed by atoms with Gasteiger partial charge in [-0.05, 0) is 35.9 Å². The maximum absolute atomic E-state index is 13.2. The van der Waals surface area contributed by atoms with Crippen LogP contribution in [0.15, 0.2) is 42.5 Å². The molecule has 2 rings (SSSR count). The van der Waals surface area contributed by atoms with Crippen molar-refractivity contribution in [3.63, 3.8) is 0 Å². The van der Waals surface area contributed by atoms with Gasteiger partial charge in [0, 0.05) is 11.4 Å². The summed E-state index contributed by atoms with van der Waals surface area (Å²) in [6, 6.07) is 11.1. The molecular weight excluding hydrogens is 267 g/mol. The van der Waals surface area contributed by atoms with Crippen molar-refractivity contribution in [1.82, 2.24) is 0 Å². The molecule has 3 nitrogen and oxygen atoms in total. The van der Waals surface area contributed by atoms with E-state index in [9.17, 15) is 9.18 Å². The summed E-state index contributed by atoms with van der Waals surface area (Å²) in [6.45, 7) is 0. The van der Waals surface area contributed by atoms with E-state index >= 15 is 0 Å². The van der Waals surface area contributed by atoms with Crippen LogP contribution < -0.4 is 11.1 Å². The van der Waals surface area contributed by atoms with Crippen LogP contribution in [0.5, 0.6) is 0 Å². The summed E-state index contributed by atoms with van der Waals surface area (Å²) >= 11 is 5.56. The third-order valence-corrected chi connectivity index (χ3v) is 2.85. The molecule has 0 spiro atoms. The number of carbonyl (C=O) groups is 1. The number of carbonyl (C=O) groups excluding carboxylic acids is 1. The molecule has 98 valence electrons. The summed E-state index contributed by atoms with van der Waals surface area (Å²) in [4.78, 5) is 11.8. The van der Waals surface area contributed by atoms with Gasteiger partial charge in [0.15, 0.2) is 0 Å². The molecule has 0 aliphatic rings. The number of anilines is 2. The molecule has 2 aromatic carbocycles. The minimum absolute atomic E-state index is 0.0246. The molecule has 0 heterocycles. The van der Waals surface area contributed by atoms with E-state index in [1.54, 1.807) is 30.3 Å². The predicted octanol–water partition coefficient (Wildman–Crippen LogP) is 3.24. The highest BCUT2D eigenvalue weighted by Gasteiger charge is 2.06. The number of nitrogens with one attached hydrogen (secondary N) is 1. The van der Waals surface area contributed by atoms with Gasteiger partial charge in [-0.1, -0.05) is 23.7 Å². The second kappa shape index (κ2) is 5.71.